The number of rotatable bonds is 3. The summed E-state index contributed by atoms with van der Waals surface area (Å²) in [5.74, 6) is -1.76. The molecule has 1 aliphatic carbocycles. The molecule has 1 saturated carbocycles. The summed E-state index contributed by atoms with van der Waals surface area (Å²) in [6, 6.07) is 12.4. The molecule has 2 aliphatic rings. The summed E-state index contributed by atoms with van der Waals surface area (Å²) in [6.45, 7) is 0.482. The monoisotopic (exact) mass is 384 g/mol. The zero-order valence-corrected chi connectivity index (χ0v) is 15.4. The Bertz CT molecular complexity index is 902. The van der Waals surface area contributed by atoms with Crippen LogP contribution in [0.25, 0.3) is 0 Å². The van der Waals surface area contributed by atoms with Gasteiger partial charge in [0, 0.05) is 12.6 Å². The minimum absolute atomic E-state index is 0.0469. The average Bonchev–Trinajstić information content (AvgIpc) is 3.09. The van der Waals surface area contributed by atoms with Gasteiger partial charge >= 0.3 is 11.8 Å². The van der Waals surface area contributed by atoms with E-state index in [0.717, 1.165) is 6.42 Å². The Morgan fingerprint density at radius 3 is 2.54 bits per heavy atom. The average molecular weight is 384 g/mol. The van der Waals surface area contributed by atoms with Crippen molar-refractivity contribution in [1.29, 1.82) is 0 Å². The van der Waals surface area contributed by atoms with Crippen molar-refractivity contribution in [2.24, 2.45) is 0 Å². The first kappa shape index (κ1) is 18.6. The van der Waals surface area contributed by atoms with Gasteiger partial charge in [0.05, 0.1) is 6.04 Å². The second-order valence-electron chi connectivity index (χ2n) is 7.56. The molecule has 4 rings (SSSR count). The highest BCUT2D eigenvalue weighted by molar-refractivity contribution is 6.35. The van der Waals surface area contributed by atoms with E-state index in [9.17, 15) is 18.4 Å². The Hall–Kier alpha value is -2.76. The van der Waals surface area contributed by atoms with Crippen LogP contribution in [0.3, 0.4) is 0 Å². The highest BCUT2D eigenvalue weighted by atomic mass is 19.1. The molecule has 1 aliphatic heterocycles. The van der Waals surface area contributed by atoms with Crippen molar-refractivity contribution in [2.75, 3.05) is 6.54 Å². The normalized spacial score (nSPS) is 23.9. The lowest BCUT2D eigenvalue weighted by Crippen LogP contribution is -2.52. The first-order chi connectivity index (χ1) is 13.5. The van der Waals surface area contributed by atoms with E-state index in [2.05, 4.69) is 5.32 Å². The molecule has 2 amide bonds. The van der Waals surface area contributed by atoms with Gasteiger partial charge in [-0.1, -0.05) is 30.3 Å². The highest BCUT2D eigenvalue weighted by Crippen LogP contribution is 2.36. The van der Waals surface area contributed by atoms with Crippen LogP contribution in [0, 0.1) is 11.6 Å². The van der Waals surface area contributed by atoms with E-state index >= 15 is 0 Å². The minimum atomic E-state index is -0.639. The summed E-state index contributed by atoms with van der Waals surface area (Å²) in [4.78, 5) is 26.5. The van der Waals surface area contributed by atoms with Gasteiger partial charge in [0.25, 0.3) is 0 Å². The second-order valence-corrected chi connectivity index (χ2v) is 7.56. The smallest absolute Gasteiger partial charge is 0.312 e. The number of likely N-dealkylation sites (tertiary alicyclic amines) is 1. The van der Waals surface area contributed by atoms with Gasteiger partial charge in [0.15, 0.2) is 0 Å². The third-order valence-electron chi connectivity index (χ3n) is 5.82. The van der Waals surface area contributed by atoms with Crippen LogP contribution in [0.2, 0.25) is 0 Å². The van der Waals surface area contributed by atoms with E-state index in [1.807, 2.05) is 6.07 Å². The number of halogens is 2. The third-order valence-corrected chi connectivity index (χ3v) is 5.82. The molecule has 1 saturated heterocycles. The minimum Gasteiger partial charge on any atom is -0.345 e. The zero-order chi connectivity index (χ0) is 19.7. The highest BCUT2D eigenvalue weighted by Gasteiger charge is 2.38. The number of amides is 2. The predicted octanol–water partition coefficient (Wildman–Crippen LogP) is 3.69. The van der Waals surface area contributed by atoms with Crippen LogP contribution < -0.4 is 5.32 Å². The van der Waals surface area contributed by atoms with Crippen LogP contribution in [0.5, 0.6) is 0 Å². The van der Waals surface area contributed by atoms with Gasteiger partial charge in [-0.15, -0.1) is 0 Å². The van der Waals surface area contributed by atoms with Crippen molar-refractivity contribution in [3.8, 4) is 0 Å². The van der Waals surface area contributed by atoms with Crippen LogP contribution >= 0.6 is 0 Å². The molecule has 0 bridgehead atoms. The van der Waals surface area contributed by atoms with Crippen LogP contribution in [0.4, 0.5) is 8.78 Å². The summed E-state index contributed by atoms with van der Waals surface area (Å²) in [7, 11) is 0. The Kier molecular flexibility index (Phi) is 5.11. The fraction of sp³-hybridized carbons (Fsp3) is 0.364. The third kappa shape index (κ3) is 3.63. The van der Waals surface area contributed by atoms with Gasteiger partial charge in [-0.2, -0.15) is 0 Å². The maximum Gasteiger partial charge on any atom is 0.312 e. The van der Waals surface area contributed by atoms with Gasteiger partial charge < -0.3 is 10.2 Å². The molecule has 3 unspecified atom stereocenters. The summed E-state index contributed by atoms with van der Waals surface area (Å²) in [5.41, 5.74) is 1.37. The van der Waals surface area contributed by atoms with E-state index in [1.54, 1.807) is 24.3 Å². The lowest BCUT2D eigenvalue weighted by molar-refractivity contribution is -0.151. The standard InChI is InChI=1S/C22H22F2N2O2/c23-16-5-3-4-15(12-16)20-10-11-26(20)22(28)21(27)25-17-9-8-14(13-17)18-6-1-2-7-19(18)24/h1-7,12,14,17,20H,8-11,13H2,(H,25,27). The van der Waals surface area contributed by atoms with Crippen LogP contribution in [-0.2, 0) is 9.59 Å². The molecule has 0 radical (unpaired) electrons. The lowest BCUT2D eigenvalue weighted by atomic mass is 9.94. The lowest BCUT2D eigenvalue weighted by Gasteiger charge is -2.41. The number of carbonyl (C=O) groups is 2. The molecule has 146 valence electrons. The molecular formula is C22H22F2N2O2. The maximum atomic E-state index is 14.0. The van der Waals surface area contributed by atoms with E-state index in [0.29, 0.717) is 36.9 Å². The van der Waals surface area contributed by atoms with Crippen LogP contribution in [0.15, 0.2) is 48.5 Å². The van der Waals surface area contributed by atoms with Crippen molar-refractivity contribution < 1.29 is 18.4 Å². The fourth-order valence-corrected chi connectivity index (χ4v) is 4.27. The van der Waals surface area contributed by atoms with Gasteiger partial charge in [0.2, 0.25) is 0 Å². The summed E-state index contributed by atoms with van der Waals surface area (Å²) in [6.07, 6.45) is 2.82. The van der Waals surface area contributed by atoms with Crippen molar-refractivity contribution in [3.05, 3.63) is 71.3 Å². The van der Waals surface area contributed by atoms with Crippen molar-refractivity contribution in [2.45, 2.75) is 43.7 Å². The Labute approximate surface area is 162 Å². The van der Waals surface area contributed by atoms with Crippen LogP contribution in [0.1, 0.15) is 48.8 Å². The van der Waals surface area contributed by atoms with Gasteiger partial charge in [-0.3, -0.25) is 9.59 Å². The van der Waals surface area contributed by atoms with E-state index in [4.69, 9.17) is 0 Å². The molecule has 28 heavy (non-hydrogen) atoms. The Morgan fingerprint density at radius 1 is 1.00 bits per heavy atom. The first-order valence-corrected chi connectivity index (χ1v) is 9.64. The first-order valence-electron chi connectivity index (χ1n) is 9.64. The Balaban J connectivity index is 1.35. The van der Waals surface area contributed by atoms with Gasteiger partial charge in [0.1, 0.15) is 11.6 Å². The quantitative estimate of drug-likeness (QED) is 0.821. The summed E-state index contributed by atoms with van der Waals surface area (Å²) in [5, 5.41) is 2.80. The number of hydrogen-bond acceptors (Lipinski definition) is 2. The van der Waals surface area contributed by atoms with Gasteiger partial charge in [-0.05, 0) is 60.9 Å². The molecule has 2 fully saturated rings. The summed E-state index contributed by atoms with van der Waals surface area (Å²) < 4.78 is 27.4. The molecular weight excluding hydrogens is 362 g/mol. The van der Waals surface area contributed by atoms with E-state index in [1.165, 1.54) is 23.1 Å². The molecule has 1 heterocycles. The molecule has 4 nitrogen and oxygen atoms in total. The SMILES string of the molecule is O=C(NC1CCC(c2ccccc2F)C1)C(=O)N1CCC1c1cccc(F)c1. The fourth-order valence-electron chi connectivity index (χ4n) is 4.27. The molecule has 0 spiro atoms. The largest absolute Gasteiger partial charge is 0.345 e. The molecule has 2 aromatic rings. The molecule has 1 N–H and O–H groups in total. The second kappa shape index (κ2) is 7.70. The van der Waals surface area contributed by atoms with E-state index in [-0.39, 0.29) is 29.6 Å². The zero-order valence-electron chi connectivity index (χ0n) is 15.4. The predicted molar refractivity (Wildman–Crippen MR) is 100 cm³/mol. The number of hydrogen-bond donors (Lipinski definition) is 1. The van der Waals surface area contributed by atoms with Crippen molar-refractivity contribution in [3.63, 3.8) is 0 Å². The number of benzene rings is 2. The van der Waals surface area contributed by atoms with Crippen LogP contribution in [-0.4, -0.2) is 29.3 Å². The number of carbonyl (C=O) groups excluding carboxylic acids is 2. The molecule has 2 aromatic carbocycles. The molecule has 6 heteroatoms. The number of nitrogens with zero attached hydrogens (tertiary/aromatic N) is 1. The summed E-state index contributed by atoms with van der Waals surface area (Å²) >= 11 is 0. The maximum absolute atomic E-state index is 14.0. The number of nitrogens with one attached hydrogen (secondary N) is 1. The van der Waals surface area contributed by atoms with E-state index < -0.39 is 11.8 Å². The van der Waals surface area contributed by atoms with Crippen molar-refractivity contribution in [1.82, 2.24) is 10.2 Å². The van der Waals surface area contributed by atoms with Crippen molar-refractivity contribution >= 4 is 11.8 Å². The Morgan fingerprint density at radius 2 is 1.82 bits per heavy atom. The molecule has 3 atom stereocenters. The molecule has 0 aromatic heterocycles. The van der Waals surface area contributed by atoms with Gasteiger partial charge in [-0.25, -0.2) is 8.78 Å². The topological polar surface area (TPSA) is 49.4 Å².